The van der Waals surface area contributed by atoms with Gasteiger partial charge in [0.05, 0.1) is 11.3 Å². The molecule has 0 bridgehead atoms. The first-order chi connectivity index (χ1) is 15.1. The van der Waals surface area contributed by atoms with Crippen molar-refractivity contribution < 1.29 is 19.4 Å². The number of rotatable bonds is 6. The van der Waals surface area contributed by atoms with E-state index in [-0.39, 0.29) is 6.09 Å². The molecule has 0 aliphatic carbocycles. The summed E-state index contributed by atoms with van der Waals surface area (Å²) in [6, 6.07) is 5.58. The monoisotopic (exact) mass is 556 g/mol. The van der Waals surface area contributed by atoms with E-state index in [0.29, 0.717) is 11.5 Å². The predicted octanol–water partition coefficient (Wildman–Crippen LogP) is 6.02. The van der Waals surface area contributed by atoms with Crippen LogP contribution in [0.25, 0.3) is 0 Å². The minimum atomic E-state index is -0.851. The maximum Gasteiger partial charge on any atom is 0.410 e. The SMILES string of the molecule is CC(C)(C)OC(=O)N1CCC(CCCC2CCN(c3cc(I)ccc3C(=O)O)CC2)CC1. The molecular formula is C25H37IN2O4. The molecule has 0 atom stereocenters. The third-order valence-electron chi connectivity index (χ3n) is 6.64. The highest BCUT2D eigenvalue weighted by molar-refractivity contribution is 14.1. The number of aromatic carboxylic acids is 1. The molecular weight excluding hydrogens is 519 g/mol. The summed E-state index contributed by atoms with van der Waals surface area (Å²) in [6.07, 6.45) is 7.95. The van der Waals surface area contributed by atoms with Gasteiger partial charge in [0.2, 0.25) is 0 Å². The normalized spacial score (nSPS) is 18.6. The summed E-state index contributed by atoms with van der Waals surface area (Å²) in [5.41, 5.74) is 0.832. The van der Waals surface area contributed by atoms with E-state index in [2.05, 4.69) is 27.5 Å². The number of halogens is 1. The molecule has 0 aromatic heterocycles. The van der Waals surface area contributed by atoms with Crippen molar-refractivity contribution in [1.29, 1.82) is 0 Å². The molecule has 0 unspecified atom stereocenters. The van der Waals surface area contributed by atoms with Gasteiger partial charge in [-0.15, -0.1) is 0 Å². The van der Waals surface area contributed by atoms with Crippen LogP contribution >= 0.6 is 22.6 Å². The van der Waals surface area contributed by atoms with Crippen LogP contribution < -0.4 is 4.90 Å². The molecule has 2 aliphatic rings. The molecule has 0 radical (unpaired) electrons. The number of piperidine rings is 2. The third-order valence-corrected chi connectivity index (χ3v) is 7.31. The Morgan fingerprint density at radius 2 is 1.59 bits per heavy atom. The van der Waals surface area contributed by atoms with E-state index in [4.69, 9.17) is 4.74 Å². The van der Waals surface area contributed by atoms with Crippen LogP contribution in [-0.4, -0.2) is 53.8 Å². The molecule has 3 rings (SSSR count). The molecule has 0 spiro atoms. The van der Waals surface area contributed by atoms with Gasteiger partial charge in [0, 0.05) is 29.7 Å². The number of carbonyl (C=O) groups excluding carboxylic acids is 1. The zero-order valence-corrected chi connectivity index (χ0v) is 21.8. The molecule has 1 aromatic rings. The minimum absolute atomic E-state index is 0.179. The van der Waals surface area contributed by atoms with Crippen molar-refractivity contribution in [1.82, 2.24) is 4.90 Å². The van der Waals surface area contributed by atoms with Crippen LogP contribution in [0.15, 0.2) is 18.2 Å². The fourth-order valence-electron chi connectivity index (χ4n) is 4.84. The molecule has 2 aliphatic heterocycles. The Morgan fingerprint density at radius 3 is 2.12 bits per heavy atom. The van der Waals surface area contributed by atoms with Crippen LogP contribution in [0.4, 0.5) is 10.5 Å². The van der Waals surface area contributed by atoms with Crippen molar-refractivity contribution in [2.75, 3.05) is 31.1 Å². The topological polar surface area (TPSA) is 70.1 Å². The number of hydrogen-bond donors (Lipinski definition) is 1. The third kappa shape index (κ3) is 7.25. The highest BCUT2D eigenvalue weighted by Gasteiger charge is 2.27. The number of anilines is 1. The van der Waals surface area contributed by atoms with Gasteiger partial charge in [0.1, 0.15) is 5.60 Å². The first kappa shape index (κ1) is 25.1. The predicted molar refractivity (Wildman–Crippen MR) is 135 cm³/mol. The average Bonchev–Trinajstić information content (AvgIpc) is 2.73. The maximum atomic E-state index is 12.2. The fraction of sp³-hybridized carbons (Fsp3) is 0.680. The number of carboxylic acid groups (broad SMARTS) is 1. The minimum Gasteiger partial charge on any atom is -0.478 e. The number of likely N-dealkylation sites (tertiary alicyclic amines) is 1. The van der Waals surface area contributed by atoms with E-state index in [0.717, 1.165) is 67.0 Å². The Morgan fingerprint density at radius 1 is 1.03 bits per heavy atom. The lowest BCUT2D eigenvalue weighted by Crippen LogP contribution is -2.41. The number of benzene rings is 1. The highest BCUT2D eigenvalue weighted by Crippen LogP contribution is 2.31. The molecule has 7 heteroatoms. The standard InChI is InChI=1S/C25H37IN2O4/c1-25(2,3)32-24(31)28-15-11-19(12-16-28)6-4-5-18-9-13-27(14-10-18)22-17-20(26)7-8-21(22)23(29)30/h7-8,17-19H,4-6,9-16H2,1-3H3,(H,29,30). The zero-order valence-electron chi connectivity index (χ0n) is 19.6. The van der Waals surface area contributed by atoms with E-state index in [1.54, 1.807) is 6.07 Å². The summed E-state index contributed by atoms with van der Waals surface area (Å²) in [7, 11) is 0. The Balaban J connectivity index is 1.37. The van der Waals surface area contributed by atoms with Crippen LogP contribution in [0.3, 0.4) is 0 Å². The van der Waals surface area contributed by atoms with Crippen LogP contribution in [0.1, 0.15) is 76.1 Å². The van der Waals surface area contributed by atoms with Crippen LogP contribution in [-0.2, 0) is 4.74 Å². The molecule has 2 fully saturated rings. The van der Waals surface area contributed by atoms with E-state index in [1.807, 2.05) is 37.8 Å². The molecule has 178 valence electrons. The van der Waals surface area contributed by atoms with Gasteiger partial charge in [0.15, 0.2) is 0 Å². The van der Waals surface area contributed by atoms with Crippen molar-refractivity contribution in [2.24, 2.45) is 11.8 Å². The van der Waals surface area contributed by atoms with Gasteiger partial charge in [0.25, 0.3) is 0 Å². The summed E-state index contributed by atoms with van der Waals surface area (Å²) in [5.74, 6) is 0.582. The van der Waals surface area contributed by atoms with Crippen molar-refractivity contribution in [3.8, 4) is 0 Å². The van der Waals surface area contributed by atoms with Gasteiger partial charge in [-0.2, -0.15) is 0 Å². The maximum absolute atomic E-state index is 12.2. The first-order valence-corrected chi connectivity index (χ1v) is 13.0. The largest absolute Gasteiger partial charge is 0.478 e. The van der Waals surface area contributed by atoms with Gasteiger partial charge in [-0.1, -0.05) is 19.3 Å². The van der Waals surface area contributed by atoms with E-state index >= 15 is 0 Å². The van der Waals surface area contributed by atoms with Crippen LogP contribution in [0.2, 0.25) is 0 Å². The van der Waals surface area contributed by atoms with Gasteiger partial charge >= 0.3 is 12.1 Å². The second-order valence-corrected chi connectivity index (χ2v) is 11.5. The summed E-state index contributed by atoms with van der Waals surface area (Å²) in [4.78, 5) is 27.9. The molecule has 2 saturated heterocycles. The number of hydrogen-bond acceptors (Lipinski definition) is 4. The molecule has 1 amide bonds. The fourth-order valence-corrected chi connectivity index (χ4v) is 5.31. The quantitative estimate of drug-likeness (QED) is 0.434. The Labute approximate surface area is 205 Å². The molecule has 2 heterocycles. The van der Waals surface area contributed by atoms with Crippen molar-refractivity contribution >= 4 is 40.3 Å². The Kier molecular flexibility index (Phi) is 8.69. The molecule has 1 N–H and O–H groups in total. The smallest absolute Gasteiger partial charge is 0.410 e. The van der Waals surface area contributed by atoms with Crippen LogP contribution in [0.5, 0.6) is 0 Å². The second kappa shape index (κ2) is 11.1. The lowest BCUT2D eigenvalue weighted by atomic mass is 9.86. The number of ether oxygens (including phenoxy) is 1. The van der Waals surface area contributed by atoms with Crippen molar-refractivity contribution in [3.63, 3.8) is 0 Å². The van der Waals surface area contributed by atoms with E-state index in [9.17, 15) is 14.7 Å². The molecule has 32 heavy (non-hydrogen) atoms. The first-order valence-electron chi connectivity index (χ1n) is 11.9. The highest BCUT2D eigenvalue weighted by atomic mass is 127. The summed E-state index contributed by atoms with van der Waals surface area (Å²) in [5, 5.41) is 9.52. The van der Waals surface area contributed by atoms with Crippen molar-refractivity contribution in [2.45, 2.75) is 71.3 Å². The lowest BCUT2D eigenvalue weighted by Gasteiger charge is -2.35. The van der Waals surface area contributed by atoms with Gasteiger partial charge in [-0.3, -0.25) is 0 Å². The molecule has 6 nitrogen and oxygen atoms in total. The number of carbonyl (C=O) groups is 2. The van der Waals surface area contributed by atoms with Crippen molar-refractivity contribution in [3.05, 3.63) is 27.3 Å². The number of amides is 1. The van der Waals surface area contributed by atoms with Gasteiger partial charge in [-0.05, 0) is 99.1 Å². The summed E-state index contributed by atoms with van der Waals surface area (Å²) >= 11 is 2.25. The van der Waals surface area contributed by atoms with E-state index in [1.165, 1.54) is 19.3 Å². The Hall–Kier alpha value is -1.51. The lowest BCUT2D eigenvalue weighted by molar-refractivity contribution is 0.0180. The zero-order chi connectivity index (χ0) is 23.3. The molecule has 0 saturated carbocycles. The van der Waals surface area contributed by atoms with Gasteiger partial charge < -0.3 is 19.6 Å². The number of nitrogens with zero attached hydrogens (tertiary/aromatic N) is 2. The van der Waals surface area contributed by atoms with Crippen LogP contribution in [0, 0.1) is 15.4 Å². The number of carboxylic acids is 1. The average molecular weight is 556 g/mol. The molecule has 1 aromatic carbocycles. The summed E-state index contributed by atoms with van der Waals surface area (Å²) < 4.78 is 6.56. The van der Waals surface area contributed by atoms with Gasteiger partial charge in [-0.25, -0.2) is 9.59 Å². The second-order valence-electron chi connectivity index (χ2n) is 10.2. The van der Waals surface area contributed by atoms with E-state index < -0.39 is 11.6 Å². The summed E-state index contributed by atoms with van der Waals surface area (Å²) in [6.45, 7) is 9.20. The Bertz CT molecular complexity index is 792.